The molecule has 0 aromatic heterocycles. The van der Waals surface area contributed by atoms with Crippen LogP contribution >= 0.6 is 0 Å². The molecule has 88 valence electrons. The van der Waals surface area contributed by atoms with Crippen LogP contribution in [0.3, 0.4) is 0 Å². The topological polar surface area (TPSA) is 124 Å². The lowest BCUT2D eigenvalue weighted by Crippen LogP contribution is -2.22. The first-order valence-electron chi connectivity index (χ1n) is 4.41. The molecule has 7 heteroatoms. The molecule has 0 saturated carbocycles. The first-order chi connectivity index (χ1) is 7.47. The minimum absolute atomic E-state index is 0.0473. The molecule has 0 aliphatic rings. The van der Waals surface area contributed by atoms with Gasteiger partial charge in [0.25, 0.3) is 0 Å². The molecule has 0 spiro atoms. The molecular weight excluding hydrogens is 218 g/mol. The van der Waals surface area contributed by atoms with Gasteiger partial charge in [0, 0.05) is 6.07 Å². The number of phenols is 1. The van der Waals surface area contributed by atoms with Crippen LogP contribution in [0.5, 0.6) is 5.75 Å². The number of phenolic OH excluding ortho intramolecular Hbond substituents is 1. The van der Waals surface area contributed by atoms with Gasteiger partial charge in [-0.2, -0.15) is 0 Å². The number of hydrogen-bond donors (Lipinski definition) is 4. The highest BCUT2D eigenvalue weighted by Crippen LogP contribution is 2.29. The standard InChI is InChI=1S/C9H11NO6/c11-4-8(13)9(14)5-1-2-7(12)6(3-5)10(15)16/h1-3,8-9,11-14H,4H2. The molecule has 0 heterocycles. The Balaban J connectivity index is 3.07. The fraction of sp³-hybridized carbons (Fsp3) is 0.333. The highest BCUT2D eigenvalue weighted by molar-refractivity contribution is 5.48. The smallest absolute Gasteiger partial charge is 0.311 e. The zero-order chi connectivity index (χ0) is 12.3. The highest BCUT2D eigenvalue weighted by atomic mass is 16.6. The van der Waals surface area contributed by atoms with E-state index in [1.807, 2.05) is 0 Å². The van der Waals surface area contributed by atoms with E-state index in [0.717, 1.165) is 12.1 Å². The van der Waals surface area contributed by atoms with Crippen molar-refractivity contribution >= 4 is 5.69 Å². The monoisotopic (exact) mass is 229 g/mol. The second-order valence-corrected chi connectivity index (χ2v) is 3.20. The van der Waals surface area contributed by atoms with E-state index in [4.69, 9.17) is 15.3 Å². The molecule has 16 heavy (non-hydrogen) atoms. The Morgan fingerprint density at radius 1 is 1.38 bits per heavy atom. The Kier molecular flexibility index (Phi) is 3.78. The maximum absolute atomic E-state index is 10.5. The number of aliphatic hydroxyl groups is 3. The van der Waals surface area contributed by atoms with E-state index in [9.17, 15) is 15.2 Å². The number of benzene rings is 1. The van der Waals surface area contributed by atoms with Gasteiger partial charge in [0.1, 0.15) is 12.2 Å². The Bertz CT molecular complexity index is 394. The second kappa shape index (κ2) is 4.88. The first kappa shape index (κ1) is 12.4. The van der Waals surface area contributed by atoms with Gasteiger partial charge < -0.3 is 20.4 Å². The van der Waals surface area contributed by atoms with Gasteiger partial charge in [-0.3, -0.25) is 10.1 Å². The Morgan fingerprint density at radius 2 is 2.00 bits per heavy atom. The normalized spacial score (nSPS) is 14.4. The van der Waals surface area contributed by atoms with Gasteiger partial charge in [0.15, 0.2) is 5.75 Å². The summed E-state index contributed by atoms with van der Waals surface area (Å²) in [6.07, 6.45) is -2.87. The molecule has 0 saturated heterocycles. The van der Waals surface area contributed by atoms with Gasteiger partial charge in [0.05, 0.1) is 11.5 Å². The van der Waals surface area contributed by atoms with Gasteiger partial charge >= 0.3 is 5.69 Å². The molecule has 2 unspecified atom stereocenters. The Hall–Kier alpha value is -1.70. The van der Waals surface area contributed by atoms with Crippen molar-refractivity contribution in [1.82, 2.24) is 0 Å². The van der Waals surface area contributed by atoms with E-state index in [2.05, 4.69) is 0 Å². The SMILES string of the molecule is O=[N+]([O-])c1cc(C(O)C(O)CO)ccc1O. The predicted octanol–water partition coefficient (Wildman–Crippen LogP) is -0.313. The number of nitro benzene ring substituents is 1. The van der Waals surface area contributed by atoms with E-state index in [1.165, 1.54) is 6.07 Å². The molecule has 1 aromatic carbocycles. The Labute approximate surface area is 90.4 Å². The molecule has 2 atom stereocenters. The molecule has 1 rings (SSSR count). The van der Waals surface area contributed by atoms with Crippen molar-refractivity contribution in [3.63, 3.8) is 0 Å². The summed E-state index contributed by atoms with van der Waals surface area (Å²) in [6, 6.07) is 3.21. The van der Waals surface area contributed by atoms with Gasteiger partial charge in [-0.1, -0.05) is 6.07 Å². The first-order valence-corrected chi connectivity index (χ1v) is 4.41. The molecule has 0 amide bonds. The quantitative estimate of drug-likeness (QED) is 0.414. The molecular formula is C9H11NO6. The lowest BCUT2D eigenvalue weighted by molar-refractivity contribution is -0.386. The number of nitrogens with zero attached hydrogens (tertiary/aromatic N) is 1. The summed E-state index contributed by atoms with van der Waals surface area (Å²) < 4.78 is 0. The lowest BCUT2D eigenvalue weighted by Gasteiger charge is -2.15. The third kappa shape index (κ3) is 2.45. The van der Waals surface area contributed by atoms with Crippen LogP contribution in [0.15, 0.2) is 18.2 Å². The predicted molar refractivity (Wildman–Crippen MR) is 52.8 cm³/mol. The van der Waals surface area contributed by atoms with Crippen LogP contribution in [-0.4, -0.2) is 38.1 Å². The molecule has 0 fully saturated rings. The summed E-state index contributed by atoms with van der Waals surface area (Å²) in [5.74, 6) is -0.528. The molecule has 0 radical (unpaired) electrons. The van der Waals surface area contributed by atoms with Crippen molar-refractivity contribution in [2.24, 2.45) is 0 Å². The lowest BCUT2D eigenvalue weighted by atomic mass is 10.0. The van der Waals surface area contributed by atoms with Gasteiger partial charge in [-0.25, -0.2) is 0 Å². The number of aliphatic hydroxyl groups excluding tert-OH is 3. The average Bonchev–Trinajstić information content (AvgIpc) is 2.27. The summed E-state index contributed by atoms with van der Waals surface area (Å²) >= 11 is 0. The summed E-state index contributed by atoms with van der Waals surface area (Å²) in [7, 11) is 0. The van der Waals surface area contributed by atoms with Gasteiger partial charge in [0.2, 0.25) is 0 Å². The molecule has 0 aliphatic heterocycles. The third-order valence-electron chi connectivity index (χ3n) is 2.09. The second-order valence-electron chi connectivity index (χ2n) is 3.20. The van der Waals surface area contributed by atoms with Crippen LogP contribution in [0.2, 0.25) is 0 Å². The van der Waals surface area contributed by atoms with Crippen LogP contribution in [0.1, 0.15) is 11.7 Å². The van der Waals surface area contributed by atoms with Gasteiger partial charge in [-0.15, -0.1) is 0 Å². The fourth-order valence-electron chi connectivity index (χ4n) is 1.19. The molecule has 1 aromatic rings. The van der Waals surface area contributed by atoms with Crippen molar-refractivity contribution in [3.8, 4) is 5.75 Å². The van der Waals surface area contributed by atoms with Crippen LogP contribution in [0.4, 0.5) is 5.69 Å². The van der Waals surface area contributed by atoms with Crippen LogP contribution in [0.25, 0.3) is 0 Å². The van der Waals surface area contributed by atoms with E-state index in [0.29, 0.717) is 0 Å². The minimum Gasteiger partial charge on any atom is -0.502 e. The third-order valence-corrected chi connectivity index (χ3v) is 2.09. The van der Waals surface area contributed by atoms with E-state index in [1.54, 1.807) is 0 Å². The summed E-state index contributed by atoms with van der Waals surface area (Å²) in [5.41, 5.74) is -0.521. The molecule has 4 N–H and O–H groups in total. The van der Waals surface area contributed by atoms with E-state index < -0.39 is 35.2 Å². The fourth-order valence-corrected chi connectivity index (χ4v) is 1.19. The molecule has 0 bridgehead atoms. The number of aromatic hydroxyl groups is 1. The Morgan fingerprint density at radius 3 is 2.50 bits per heavy atom. The molecule has 7 nitrogen and oxygen atoms in total. The maximum atomic E-state index is 10.5. The largest absolute Gasteiger partial charge is 0.502 e. The maximum Gasteiger partial charge on any atom is 0.311 e. The van der Waals surface area contributed by atoms with Crippen LogP contribution in [0, 0.1) is 10.1 Å². The van der Waals surface area contributed by atoms with Crippen molar-refractivity contribution in [2.75, 3.05) is 6.61 Å². The van der Waals surface area contributed by atoms with Crippen molar-refractivity contribution < 1.29 is 25.3 Å². The van der Waals surface area contributed by atoms with Crippen LogP contribution < -0.4 is 0 Å². The zero-order valence-electron chi connectivity index (χ0n) is 8.15. The van der Waals surface area contributed by atoms with Crippen molar-refractivity contribution in [1.29, 1.82) is 0 Å². The van der Waals surface area contributed by atoms with Gasteiger partial charge in [-0.05, 0) is 11.6 Å². The summed E-state index contributed by atoms with van der Waals surface area (Å²) in [5, 5.41) is 46.9. The minimum atomic E-state index is -1.44. The number of hydrogen-bond acceptors (Lipinski definition) is 6. The van der Waals surface area contributed by atoms with Crippen LogP contribution in [-0.2, 0) is 0 Å². The van der Waals surface area contributed by atoms with Crippen molar-refractivity contribution in [2.45, 2.75) is 12.2 Å². The summed E-state index contributed by atoms with van der Waals surface area (Å²) in [4.78, 5) is 9.68. The number of rotatable bonds is 4. The van der Waals surface area contributed by atoms with E-state index in [-0.39, 0.29) is 5.56 Å². The highest BCUT2D eigenvalue weighted by Gasteiger charge is 2.21. The molecule has 0 aliphatic carbocycles. The average molecular weight is 229 g/mol. The van der Waals surface area contributed by atoms with Crippen molar-refractivity contribution in [3.05, 3.63) is 33.9 Å². The number of nitro groups is 1. The summed E-state index contributed by atoms with van der Waals surface area (Å²) in [6.45, 7) is -0.671. The zero-order valence-corrected chi connectivity index (χ0v) is 8.15. The van der Waals surface area contributed by atoms with E-state index >= 15 is 0 Å².